The van der Waals surface area contributed by atoms with Crippen LogP contribution in [0.15, 0.2) is 0 Å². The van der Waals surface area contributed by atoms with Crippen molar-refractivity contribution >= 4 is 11.9 Å². The molecule has 0 aromatic rings. The Bertz CT molecular complexity index is 362. The fourth-order valence-electron chi connectivity index (χ4n) is 2.28. The Kier molecular flexibility index (Phi) is 2.96. The molecule has 0 aromatic carbocycles. The summed E-state index contributed by atoms with van der Waals surface area (Å²) in [6.07, 6.45) is 0.988. The van der Waals surface area contributed by atoms with Gasteiger partial charge in [-0.25, -0.2) is 4.79 Å². The van der Waals surface area contributed by atoms with Gasteiger partial charge in [0.1, 0.15) is 6.61 Å². The van der Waals surface area contributed by atoms with E-state index in [1.165, 1.54) is 0 Å². The molecule has 3 aliphatic heterocycles. The highest BCUT2D eigenvalue weighted by Crippen LogP contribution is 2.41. The SMILES string of the molecule is O=C(CN1CCOCC1)ON1C(=O)CCC12CO2. The summed E-state index contributed by atoms with van der Waals surface area (Å²) in [5.74, 6) is -0.593. The third kappa shape index (κ3) is 2.21. The van der Waals surface area contributed by atoms with Crippen LogP contribution in [-0.2, 0) is 23.9 Å². The number of nitrogens with zero attached hydrogens (tertiary/aromatic N) is 2. The number of amides is 1. The lowest BCUT2D eigenvalue weighted by Crippen LogP contribution is -2.44. The summed E-state index contributed by atoms with van der Waals surface area (Å²) in [5.41, 5.74) is -0.641. The van der Waals surface area contributed by atoms with Crippen molar-refractivity contribution in [3.05, 3.63) is 0 Å². The zero-order valence-electron chi connectivity index (χ0n) is 10.1. The average Bonchev–Trinajstić information content (AvgIpc) is 3.09. The predicted octanol–water partition coefficient (Wildman–Crippen LogP) is -0.874. The van der Waals surface area contributed by atoms with Crippen molar-refractivity contribution in [1.82, 2.24) is 9.96 Å². The number of epoxide rings is 1. The summed E-state index contributed by atoms with van der Waals surface area (Å²) in [5, 5.41) is 1.12. The van der Waals surface area contributed by atoms with E-state index in [1.54, 1.807) is 0 Å². The molecule has 7 heteroatoms. The second-order valence-corrected chi connectivity index (χ2v) is 4.77. The van der Waals surface area contributed by atoms with Gasteiger partial charge in [0.15, 0.2) is 0 Å². The number of morpholine rings is 1. The maximum atomic E-state index is 11.8. The molecule has 0 aliphatic carbocycles. The van der Waals surface area contributed by atoms with Gasteiger partial charge < -0.3 is 14.3 Å². The zero-order valence-corrected chi connectivity index (χ0v) is 10.1. The highest BCUT2D eigenvalue weighted by atomic mass is 16.8. The number of ether oxygens (including phenoxy) is 2. The average molecular weight is 256 g/mol. The molecular formula is C11H16N2O5. The molecule has 3 heterocycles. The Balaban J connectivity index is 1.52. The molecule has 1 atom stereocenters. The lowest BCUT2D eigenvalue weighted by molar-refractivity contribution is -0.213. The van der Waals surface area contributed by atoms with Crippen molar-refractivity contribution in [3.8, 4) is 0 Å². The molecule has 0 aromatic heterocycles. The van der Waals surface area contributed by atoms with Crippen molar-refractivity contribution in [2.45, 2.75) is 18.6 Å². The smallest absolute Gasteiger partial charge is 0.346 e. The molecule has 100 valence electrons. The zero-order chi connectivity index (χ0) is 12.6. The van der Waals surface area contributed by atoms with Crippen LogP contribution in [0.4, 0.5) is 0 Å². The Morgan fingerprint density at radius 1 is 1.39 bits per heavy atom. The summed E-state index contributed by atoms with van der Waals surface area (Å²) < 4.78 is 10.4. The second kappa shape index (κ2) is 4.49. The first-order chi connectivity index (χ1) is 8.70. The van der Waals surface area contributed by atoms with Gasteiger partial charge in [-0.05, 0) is 0 Å². The van der Waals surface area contributed by atoms with Crippen LogP contribution in [0.2, 0.25) is 0 Å². The van der Waals surface area contributed by atoms with E-state index in [9.17, 15) is 9.59 Å². The molecule has 0 bridgehead atoms. The summed E-state index contributed by atoms with van der Waals surface area (Å²) in [7, 11) is 0. The predicted molar refractivity (Wildman–Crippen MR) is 58.1 cm³/mol. The van der Waals surface area contributed by atoms with Gasteiger partial charge in [0.2, 0.25) is 5.72 Å². The van der Waals surface area contributed by atoms with Crippen molar-refractivity contribution in [3.63, 3.8) is 0 Å². The van der Waals surface area contributed by atoms with E-state index in [1.807, 2.05) is 4.90 Å². The van der Waals surface area contributed by atoms with E-state index in [-0.39, 0.29) is 12.5 Å². The fraction of sp³-hybridized carbons (Fsp3) is 0.818. The molecule has 1 spiro atoms. The number of carbonyl (C=O) groups excluding carboxylic acids is 2. The molecular weight excluding hydrogens is 240 g/mol. The quantitative estimate of drug-likeness (QED) is 0.611. The summed E-state index contributed by atoms with van der Waals surface area (Å²) in [6.45, 7) is 3.33. The number of hydroxylamine groups is 2. The standard InChI is InChI=1S/C11H16N2O5/c14-9-1-2-11(8-17-11)13(9)18-10(15)7-12-3-5-16-6-4-12/h1-8H2. The molecule has 1 unspecified atom stereocenters. The number of hydrogen-bond acceptors (Lipinski definition) is 6. The molecule has 3 rings (SSSR count). The molecule has 0 N–H and O–H groups in total. The maximum absolute atomic E-state index is 11.8. The number of hydrogen-bond donors (Lipinski definition) is 0. The third-order valence-electron chi connectivity index (χ3n) is 3.45. The van der Waals surface area contributed by atoms with E-state index in [2.05, 4.69) is 0 Å². The first-order valence-corrected chi connectivity index (χ1v) is 6.18. The van der Waals surface area contributed by atoms with Crippen LogP contribution < -0.4 is 0 Å². The van der Waals surface area contributed by atoms with Gasteiger partial charge in [-0.3, -0.25) is 9.69 Å². The molecule has 0 radical (unpaired) electrons. The van der Waals surface area contributed by atoms with Crippen molar-refractivity contribution in [1.29, 1.82) is 0 Å². The Morgan fingerprint density at radius 3 is 2.78 bits per heavy atom. The molecule has 0 saturated carbocycles. The molecule has 7 nitrogen and oxygen atoms in total. The van der Waals surface area contributed by atoms with Crippen LogP contribution >= 0.6 is 0 Å². The van der Waals surface area contributed by atoms with E-state index in [0.717, 1.165) is 5.06 Å². The van der Waals surface area contributed by atoms with Crippen LogP contribution in [0, 0.1) is 0 Å². The van der Waals surface area contributed by atoms with Gasteiger partial charge in [-0.2, -0.15) is 0 Å². The van der Waals surface area contributed by atoms with Crippen LogP contribution in [-0.4, -0.2) is 67.0 Å². The largest absolute Gasteiger partial charge is 0.379 e. The Labute approximate surface area is 105 Å². The van der Waals surface area contributed by atoms with Crippen LogP contribution in [0.1, 0.15) is 12.8 Å². The summed E-state index contributed by atoms with van der Waals surface area (Å²) in [4.78, 5) is 30.5. The second-order valence-electron chi connectivity index (χ2n) is 4.77. The monoisotopic (exact) mass is 256 g/mol. The third-order valence-corrected chi connectivity index (χ3v) is 3.45. The van der Waals surface area contributed by atoms with Gasteiger partial charge in [-0.15, -0.1) is 5.06 Å². The van der Waals surface area contributed by atoms with Gasteiger partial charge in [0, 0.05) is 25.9 Å². The molecule has 3 fully saturated rings. The Morgan fingerprint density at radius 2 is 2.11 bits per heavy atom. The molecule has 3 aliphatic rings. The van der Waals surface area contributed by atoms with Crippen LogP contribution in [0.5, 0.6) is 0 Å². The first-order valence-electron chi connectivity index (χ1n) is 6.18. The normalized spacial score (nSPS) is 32.0. The summed E-state index contributed by atoms with van der Waals surface area (Å²) in [6, 6.07) is 0. The topological polar surface area (TPSA) is 71.6 Å². The molecule has 18 heavy (non-hydrogen) atoms. The minimum absolute atomic E-state index is 0.178. The summed E-state index contributed by atoms with van der Waals surface area (Å²) >= 11 is 0. The number of carbonyl (C=O) groups is 2. The first kappa shape index (κ1) is 11.9. The van der Waals surface area contributed by atoms with Gasteiger partial charge >= 0.3 is 5.97 Å². The lowest BCUT2D eigenvalue weighted by atomic mass is 10.2. The maximum Gasteiger partial charge on any atom is 0.346 e. The highest BCUT2D eigenvalue weighted by molar-refractivity contribution is 5.81. The van der Waals surface area contributed by atoms with Crippen molar-refractivity contribution < 1.29 is 23.9 Å². The van der Waals surface area contributed by atoms with E-state index in [0.29, 0.717) is 45.8 Å². The van der Waals surface area contributed by atoms with Gasteiger partial charge in [0.05, 0.1) is 19.8 Å². The van der Waals surface area contributed by atoms with Crippen LogP contribution in [0.3, 0.4) is 0 Å². The lowest BCUT2D eigenvalue weighted by Gasteiger charge is -2.26. The Hall–Kier alpha value is -1.18. The van der Waals surface area contributed by atoms with Gasteiger partial charge in [-0.1, -0.05) is 0 Å². The van der Waals surface area contributed by atoms with E-state index >= 15 is 0 Å². The van der Waals surface area contributed by atoms with E-state index < -0.39 is 11.7 Å². The minimum atomic E-state index is -0.641. The van der Waals surface area contributed by atoms with Gasteiger partial charge in [0.25, 0.3) is 5.91 Å². The molecule has 1 amide bonds. The highest BCUT2D eigenvalue weighted by Gasteiger charge is 2.59. The van der Waals surface area contributed by atoms with E-state index in [4.69, 9.17) is 14.3 Å². The number of rotatable bonds is 3. The van der Waals surface area contributed by atoms with Crippen molar-refractivity contribution in [2.75, 3.05) is 39.5 Å². The van der Waals surface area contributed by atoms with Crippen molar-refractivity contribution in [2.24, 2.45) is 0 Å². The molecule has 3 saturated heterocycles. The van der Waals surface area contributed by atoms with Crippen LogP contribution in [0.25, 0.3) is 0 Å². The minimum Gasteiger partial charge on any atom is -0.379 e. The fourth-order valence-corrected chi connectivity index (χ4v) is 2.28.